The topological polar surface area (TPSA) is 66.4 Å². The van der Waals surface area contributed by atoms with E-state index >= 15 is 0 Å². The minimum Gasteiger partial charge on any atom is -0.493 e. The van der Waals surface area contributed by atoms with Crippen LogP contribution in [0.25, 0.3) is 0 Å². The third-order valence-electron chi connectivity index (χ3n) is 6.43. The third kappa shape index (κ3) is 6.71. The molecule has 0 saturated heterocycles. The summed E-state index contributed by atoms with van der Waals surface area (Å²) in [4.78, 5) is 13.6. The van der Waals surface area contributed by atoms with Crippen molar-refractivity contribution in [1.29, 1.82) is 0 Å². The molecule has 0 spiro atoms. The summed E-state index contributed by atoms with van der Waals surface area (Å²) in [5.74, 6) is 5.02. The van der Waals surface area contributed by atoms with Gasteiger partial charge in [0.15, 0.2) is 11.5 Å². The Morgan fingerprint density at radius 3 is 2.17 bits per heavy atom. The van der Waals surface area contributed by atoms with Crippen LogP contribution in [0.3, 0.4) is 0 Å². The van der Waals surface area contributed by atoms with Gasteiger partial charge in [-0.1, -0.05) is 32.0 Å². The van der Waals surface area contributed by atoms with Gasteiger partial charge in [-0.2, -0.15) is 4.98 Å². The molecule has 1 unspecified atom stereocenters. The molecule has 2 fully saturated rings. The van der Waals surface area contributed by atoms with Crippen molar-refractivity contribution in [2.24, 2.45) is 5.92 Å². The summed E-state index contributed by atoms with van der Waals surface area (Å²) in [6.07, 6.45) is 6.85. The number of rotatable bonds is 8. The zero-order valence-corrected chi connectivity index (χ0v) is 21.7. The molecule has 1 aromatic carbocycles. The Labute approximate surface area is 209 Å². The first kappa shape index (κ1) is 25.0. The van der Waals surface area contributed by atoms with E-state index in [1.54, 1.807) is 7.11 Å². The summed E-state index contributed by atoms with van der Waals surface area (Å²) in [5.41, 5.74) is 3.20. The second-order valence-corrected chi connectivity index (χ2v) is 9.88. The molecule has 0 N–H and O–H groups in total. The first-order valence-corrected chi connectivity index (χ1v) is 12.6. The molecule has 0 radical (unpaired) electrons. The molecule has 6 nitrogen and oxygen atoms in total. The van der Waals surface area contributed by atoms with Gasteiger partial charge in [0, 0.05) is 17.8 Å². The van der Waals surface area contributed by atoms with Gasteiger partial charge in [-0.25, -0.2) is 4.98 Å². The van der Waals surface area contributed by atoms with Crippen molar-refractivity contribution in [3.63, 3.8) is 0 Å². The van der Waals surface area contributed by atoms with E-state index in [0.29, 0.717) is 40.9 Å². The summed E-state index contributed by atoms with van der Waals surface area (Å²) >= 11 is 0. The summed E-state index contributed by atoms with van der Waals surface area (Å²) in [7, 11) is 1.63. The van der Waals surface area contributed by atoms with Crippen molar-refractivity contribution in [2.75, 3.05) is 7.11 Å². The number of pyridine rings is 1. The van der Waals surface area contributed by atoms with Gasteiger partial charge in [-0.3, -0.25) is 4.98 Å². The number of benzene rings is 1. The van der Waals surface area contributed by atoms with Crippen molar-refractivity contribution < 1.29 is 14.2 Å². The Bertz CT molecular complexity index is 1120. The highest BCUT2D eigenvalue weighted by atomic mass is 16.5. The predicted octanol–water partition coefficient (Wildman–Crippen LogP) is 7.15. The molecule has 0 aliphatic heterocycles. The number of methoxy groups -OCH3 is 1. The van der Waals surface area contributed by atoms with Crippen LogP contribution in [0.5, 0.6) is 23.1 Å². The lowest BCUT2D eigenvalue weighted by molar-refractivity contribution is 0.181. The standard InChI is InChI=1S/C20H24N2O3.C9H13N/c1-12-18(25-17-7-5-4-6-16(17)23-3)20(24-13(2)14-8-9-14)22-19(21-12)15-10-11-15;1-7(2)9-5-4-8(3)10-6-9/h4-7,13-15H,8-11H2,1-3H3;4-7H,1-3H3. The van der Waals surface area contributed by atoms with Crippen LogP contribution < -0.4 is 14.2 Å². The fourth-order valence-electron chi connectivity index (χ4n) is 3.75. The van der Waals surface area contributed by atoms with E-state index in [1.165, 1.54) is 18.4 Å². The molecule has 186 valence electrons. The molecular weight excluding hydrogens is 438 g/mol. The van der Waals surface area contributed by atoms with Crippen LogP contribution in [-0.2, 0) is 0 Å². The highest BCUT2D eigenvalue weighted by molar-refractivity contribution is 5.47. The third-order valence-corrected chi connectivity index (χ3v) is 6.43. The molecule has 2 aliphatic carbocycles. The number of hydrogen-bond donors (Lipinski definition) is 0. The first-order chi connectivity index (χ1) is 16.9. The number of hydrogen-bond acceptors (Lipinski definition) is 6. The van der Waals surface area contributed by atoms with Crippen molar-refractivity contribution in [2.45, 2.75) is 78.2 Å². The molecule has 5 rings (SSSR count). The van der Waals surface area contributed by atoms with E-state index < -0.39 is 0 Å². The molecule has 2 aliphatic rings. The number of aromatic nitrogens is 3. The summed E-state index contributed by atoms with van der Waals surface area (Å²) in [6.45, 7) is 10.4. The van der Waals surface area contributed by atoms with Crippen molar-refractivity contribution in [3.05, 3.63) is 65.4 Å². The lowest BCUT2D eigenvalue weighted by Crippen LogP contribution is -2.16. The normalized spacial score (nSPS) is 15.7. The Morgan fingerprint density at radius 2 is 1.60 bits per heavy atom. The van der Waals surface area contributed by atoms with E-state index in [9.17, 15) is 0 Å². The van der Waals surface area contributed by atoms with E-state index in [-0.39, 0.29) is 6.10 Å². The molecule has 0 bridgehead atoms. The quantitative estimate of drug-likeness (QED) is 0.344. The Morgan fingerprint density at radius 1 is 0.886 bits per heavy atom. The number of aryl methyl sites for hydroxylation is 2. The fourth-order valence-corrected chi connectivity index (χ4v) is 3.75. The summed E-state index contributed by atoms with van der Waals surface area (Å²) < 4.78 is 17.7. The number of nitrogens with zero attached hydrogens (tertiary/aromatic N) is 3. The van der Waals surface area contributed by atoms with E-state index in [0.717, 1.165) is 30.1 Å². The van der Waals surface area contributed by atoms with Crippen LogP contribution in [0.4, 0.5) is 0 Å². The molecule has 6 heteroatoms. The Balaban J connectivity index is 0.000000243. The average Bonchev–Trinajstić information content (AvgIpc) is 3.75. The maximum Gasteiger partial charge on any atom is 0.261 e. The zero-order chi connectivity index (χ0) is 24.9. The smallest absolute Gasteiger partial charge is 0.261 e. The van der Waals surface area contributed by atoms with Crippen LogP contribution >= 0.6 is 0 Å². The minimum absolute atomic E-state index is 0.140. The van der Waals surface area contributed by atoms with Crippen molar-refractivity contribution >= 4 is 0 Å². The fraction of sp³-hybridized carbons (Fsp3) is 0.483. The number of para-hydroxylation sites is 2. The van der Waals surface area contributed by atoms with Gasteiger partial charge in [-0.05, 0) is 82.1 Å². The van der Waals surface area contributed by atoms with Gasteiger partial charge in [0.05, 0.1) is 12.8 Å². The van der Waals surface area contributed by atoms with Crippen molar-refractivity contribution in [3.8, 4) is 23.1 Å². The van der Waals surface area contributed by atoms with Crippen LogP contribution in [-0.4, -0.2) is 28.2 Å². The minimum atomic E-state index is 0.140. The molecular formula is C29H37N3O3. The van der Waals surface area contributed by atoms with Crippen LogP contribution in [0.2, 0.25) is 0 Å². The zero-order valence-electron chi connectivity index (χ0n) is 21.7. The lowest BCUT2D eigenvalue weighted by Gasteiger charge is -2.19. The largest absolute Gasteiger partial charge is 0.493 e. The van der Waals surface area contributed by atoms with Crippen LogP contribution in [0.15, 0.2) is 42.6 Å². The van der Waals surface area contributed by atoms with Crippen LogP contribution in [0, 0.1) is 19.8 Å². The van der Waals surface area contributed by atoms with Crippen LogP contribution in [0.1, 0.15) is 81.1 Å². The second kappa shape index (κ2) is 11.1. The van der Waals surface area contributed by atoms with Gasteiger partial charge in [0.25, 0.3) is 5.88 Å². The SMILES string of the molecule is COc1ccccc1Oc1c(C)nc(C2CC2)nc1OC(C)C1CC1.Cc1ccc(C(C)C)cn1. The van der Waals surface area contributed by atoms with Crippen molar-refractivity contribution in [1.82, 2.24) is 15.0 Å². The van der Waals surface area contributed by atoms with Gasteiger partial charge < -0.3 is 14.2 Å². The molecule has 35 heavy (non-hydrogen) atoms. The van der Waals surface area contributed by atoms with E-state index in [4.69, 9.17) is 19.2 Å². The molecule has 3 aromatic rings. The van der Waals surface area contributed by atoms with Gasteiger partial charge in [0.1, 0.15) is 11.9 Å². The molecule has 1 atom stereocenters. The summed E-state index contributed by atoms with van der Waals surface area (Å²) in [5, 5.41) is 0. The highest BCUT2D eigenvalue weighted by Gasteiger charge is 2.33. The summed E-state index contributed by atoms with van der Waals surface area (Å²) in [6, 6.07) is 11.8. The maximum absolute atomic E-state index is 6.20. The van der Waals surface area contributed by atoms with E-state index in [2.05, 4.69) is 42.9 Å². The number of ether oxygens (including phenoxy) is 3. The molecule has 0 amide bonds. The molecule has 2 saturated carbocycles. The second-order valence-electron chi connectivity index (χ2n) is 9.88. The molecule has 2 heterocycles. The maximum atomic E-state index is 6.20. The van der Waals surface area contributed by atoms with E-state index in [1.807, 2.05) is 44.3 Å². The van der Waals surface area contributed by atoms with Gasteiger partial charge >= 0.3 is 0 Å². The lowest BCUT2D eigenvalue weighted by atomic mass is 10.1. The monoisotopic (exact) mass is 475 g/mol. The molecule has 2 aromatic heterocycles. The highest BCUT2D eigenvalue weighted by Crippen LogP contribution is 2.44. The Kier molecular flexibility index (Phi) is 7.89. The Hall–Kier alpha value is -3.15. The average molecular weight is 476 g/mol. The van der Waals surface area contributed by atoms with Gasteiger partial charge in [0.2, 0.25) is 5.75 Å². The first-order valence-electron chi connectivity index (χ1n) is 12.6. The van der Waals surface area contributed by atoms with Gasteiger partial charge in [-0.15, -0.1) is 0 Å². The predicted molar refractivity (Wildman–Crippen MR) is 138 cm³/mol.